The maximum absolute atomic E-state index is 14.2. The lowest BCUT2D eigenvalue weighted by Crippen LogP contribution is -2.43. The minimum absolute atomic E-state index is 0.108. The number of amides is 2. The Hall–Kier alpha value is -4.67. The highest BCUT2D eigenvalue weighted by Gasteiger charge is 2.28. The average molecular weight is 578 g/mol. The average Bonchev–Trinajstić information content (AvgIpc) is 3.32. The van der Waals surface area contributed by atoms with E-state index in [9.17, 15) is 22.8 Å². The molecular weight excluding hydrogens is 555 g/mol. The number of benzene rings is 3. The van der Waals surface area contributed by atoms with E-state index in [0.717, 1.165) is 34.7 Å². The number of nitrogens with zero attached hydrogens (tertiary/aromatic N) is 3. The van der Waals surface area contributed by atoms with Crippen molar-refractivity contribution in [2.24, 2.45) is 11.6 Å². The summed E-state index contributed by atoms with van der Waals surface area (Å²) >= 11 is 6.15. The van der Waals surface area contributed by atoms with Crippen molar-refractivity contribution in [3.8, 4) is 11.1 Å². The summed E-state index contributed by atoms with van der Waals surface area (Å²) < 4.78 is 44.1. The quantitative estimate of drug-likeness (QED) is 0.143. The van der Waals surface area contributed by atoms with Gasteiger partial charge in [-0.25, -0.2) is 19.0 Å². The van der Waals surface area contributed by atoms with Gasteiger partial charge in [-0.15, -0.1) is 0 Å². The van der Waals surface area contributed by atoms with Gasteiger partial charge < -0.3 is 10.3 Å². The molecule has 0 aliphatic heterocycles. The van der Waals surface area contributed by atoms with E-state index in [0.29, 0.717) is 21.7 Å². The molecule has 0 fully saturated rings. The van der Waals surface area contributed by atoms with Gasteiger partial charge in [-0.3, -0.25) is 19.6 Å². The van der Waals surface area contributed by atoms with Gasteiger partial charge in [-0.2, -0.15) is 0 Å². The number of nitrogens with two attached hydrogens (primary N) is 2. The minimum atomic E-state index is -1.02. The van der Waals surface area contributed by atoms with Crippen molar-refractivity contribution in [1.82, 2.24) is 14.6 Å². The third kappa shape index (κ3) is 5.93. The molecule has 2 heterocycles. The molecule has 0 aliphatic rings. The predicted molar refractivity (Wildman–Crippen MR) is 149 cm³/mol. The Bertz CT molecular complexity index is 1770. The predicted octanol–water partition coefficient (Wildman–Crippen LogP) is 5.56. The van der Waals surface area contributed by atoms with Crippen molar-refractivity contribution in [2.75, 3.05) is 0 Å². The maximum Gasteiger partial charge on any atom is 0.257 e. The van der Waals surface area contributed by atoms with Crippen molar-refractivity contribution >= 4 is 34.3 Å². The van der Waals surface area contributed by atoms with Gasteiger partial charge in [-0.05, 0) is 65.0 Å². The number of hydrogen-bond donors (Lipinski definition) is 2. The Balaban J connectivity index is 1.57. The molecule has 0 saturated carbocycles. The molecule has 0 spiro atoms. The van der Waals surface area contributed by atoms with Crippen LogP contribution in [0.25, 0.3) is 22.0 Å². The van der Waals surface area contributed by atoms with E-state index in [4.69, 9.17) is 23.2 Å². The van der Waals surface area contributed by atoms with Crippen molar-refractivity contribution in [3.05, 3.63) is 124 Å². The fraction of sp³-hybridized carbons (Fsp3) is 0.100. The summed E-state index contributed by atoms with van der Waals surface area (Å²) in [5.41, 5.74) is 7.00. The molecule has 3 aromatic carbocycles. The van der Waals surface area contributed by atoms with Gasteiger partial charge in [0.1, 0.15) is 24.0 Å². The third-order valence-electron chi connectivity index (χ3n) is 6.71. The highest BCUT2D eigenvalue weighted by Crippen LogP contribution is 2.33. The summed E-state index contributed by atoms with van der Waals surface area (Å²) in [5.74, 6) is 2.56. The molecule has 1 atom stereocenters. The molecule has 0 unspecified atom stereocenters. The summed E-state index contributed by atoms with van der Waals surface area (Å²) in [6.07, 6.45) is 3.08. The molecular formula is C30H23ClF3N5O2. The first kappa shape index (κ1) is 27.9. The van der Waals surface area contributed by atoms with Crippen molar-refractivity contribution in [3.63, 3.8) is 0 Å². The van der Waals surface area contributed by atoms with E-state index in [1.54, 1.807) is 35.0 Å². The Morgan fingerprint density at radius 2 is 1.73 bits per heavy atom. The number of hydrazine groups is 1. The zero-order valence-electron chi connectivity index (χ0n) is 21.4. The van der Waals surface area contributed by atoms with Crippen LogP contribution in [-0.4, -0.2) is 26.4 Å². The van der Waals surface area contributed by atoms with Crippen LogP contribution in [-0.2, 0) is 17.8 Å². The van der Waals surface area contributed by atoms with Gasteiger partial charge in [-0.1, -0.05) is 29.8 Å². The standard InChI is InChI=1S/C30H23ClF3N5O2/c31-20-5-3-18-7-9-38(26(18)14-20)16-28(40)39(36)27(12-17-10-21(32)15-22(33)11-17)29-23(2-1-8-37-29)19-4-6-25(34)24(13-19)30(35)41/h1-11,13-15,27H,12,16,36H2,(H2,35,41)/t27-/m0/s1. The van der Waals surface area contributed by atoms with Crippen LogP contribution >= 0.6 is 11.6 Å². The van der Waals surface area contributed by atoms with Crippen LogP contribution in [0.15, 0.2) is 85.2 Å². The van der Waals surface area contributed by atoms with Gasteiger partial charge >= 0.3 is 0 Å². The SMILES string of the molecule is NC(=O)c1cc(-c2cccnc2[C@H](Cc2cc(F)cc(F)c2)N(N)C(=O)Cn2ccc3ccc(Cl)cc32)ccc1F. The number of carbonyl (C=O) groups is 2. The van der Waals surface area contributed by atoms with Crippen LogP contribution in [0.1, 0.15) is 27.7 Å². The van der Waals surface area contributed by atoms with Crippen LogP contribution in [0.2, 0.25) is 5.02 Å². The van der Waals surface area contributed by atoms with E-state index >= 15 is 0 Å². The molecule has 208 valence electrons. The summed E-state index contributed by atoms with van der Waals surface area (Å²) in [7, 11) is 0. The smallest absolute Gasteiger partial charge is 0.257 e. The van der Waals surface area contributed by atoms with E-state index in [-0.39, 0.29) is 29.8 Å². The first-order chi connectivity index (χ1) is 19.6. The number of rotatable bonds is 8. The molecule has 0 radical (unpaired) electrons. The Kier molecular flexibility index (Phi) is 7.78. The maximum atomic E-state index is 14.2. The summed E-state index contributed by atoms with van der Waals surface area (Å²) in [6.45, 7) is -0.168. The lowest BCUT2D eigenvalue weighted by Gasteiger charge is -2.29. The highest BCUT2D eigenvalue weighted by atomic mass is 35.5. The molecule has 7 nitrogen and oxygen atoms in total. The monoisotopic (exact) mass is 577 g/mol. The van der Waals surface area contributed by atoms with Crippen LogP contribution in [0.3, 0.4) is 0 Å². The molecule has 41 heavy (non-hydrogen) atoms. The molecule has 5 aromatic rings. The first-order valence-corrected chi connectivity index (χ1v) is 12.8. The van der Waals surface area contributed by atoms with Crippen molar-refractivity contribution in [2.45, 2.75) is 19.0 Å². The van der Waals surface area contributed by atoms with Crippen LogP contribution in [0.4, 0.5) is 13.2 Å². The van der Waals surface area contributed by atoms with Crippen LogP contribution in [0, 0.1) is 17.5 Å². The second-order valence-electron chi connectivity index (χ2n) is 9.44. The number of hydrogen-bond acceptors (Lipinski definition) is 4. The minimum Gasteiger partial charge on any atom is -0.366 e. The topological polar surface area (TPSA) is 107 Å². The molecule has 4 N–H and O–H groups in total. The van der Waals surface area contributed by atoms with Gasteiger partial charge in [0, 0.05) is 41.0 Å². The first-order valence-electron chi connectivity index (χ1n) is 12.4. The van der Waals surface area contributed by atoms with Crippen molar-refractivity contribution in [1.29, 1.82) is 0 Å². The van der Waals surface area contributed by atoms with Gasteiger partial charge in [0.2, 0.25) is 0 Å². The molecule has 0 aliphatic carbocycles. The number of halogens is 4. The van der Waals surface area contributed by atoms with E-state index < -0.39 is 35.3 Å². The second-order valence-corrected chi connectivity index (χ2v) is 9.88. The number of primary amides is 1. The zero-order chi connectivity index (χ0) is 29.3. The molecule has 2 aromatic heterocycles. The number of fused-ring (bicyclic) bond motifs is 1. The molecule has 5 rings (SSSR count). The second kappa shape index (κ2) is 11.4. The molecule has 2 amide bonds. The summed E-state index contributed by atoms with van der Waals surface area (Å²) in [5, 5.41) is 2.32. The number of pyridine rings is 1. The van der Waals surface area contributed by atoms with Crippen molar-refractivity contribution < 1.29 is 22.8 Å². The molecule has 11 heteroatoms. The normalized spacial score (nSPS) is 11.9. The van der Waals surface area contributed by atoms with Crippen LogP contribution < -0.4 is 11.6 Å². The van der Waals surface area contributed by atoms with Crippen LogP contribution in [0.5, 0.6) is 0 Å². The lowest BCUT2D eigenvalue weighted by atomic mass is 9.94. The van der Waals surface area contributed by atoms with Gasteiger partial charge in [0.25, 0.3) is 11.8 Å². The fourth-order valence-corrected chi connectivity index (χ4v) is 4.95. The van der Waals surface area contributed by atoms with E-state index in [1.165, 1.54) is 18.3 Å². The molecule has 0 bridgehead atoms. The van der Waals surface area contributed by atoms with E-state index in [2.05, 4.69) is 4.98 Å². The summed E-state index contributed by atoms with van der Waals surface area (Å²) in [4.78, 5) is 29.8. The molecule has 0 saturated heterocycles. The Morgan fingerprint density at radius 3 is 2.46 bits per heavy atom. The number of aromatic nitrogens is 2. The Morgan fingerprint density at radius 1 is 0.976 bits per heavy atom. The summed E-state index contributed by atoms with van der Waals surface area (Å²) in [6, 6.07) is 16.2. The number of carbonyl (C=O) groups excluding carboxylic acids is 2. The van der Waals surface area contributed by atoms with Gasteiger partial charge in [0.15, 0.2) is 0 Å². The Labute approximate surface area is 237 Å². The van der Waals surface area contributed by atoms with Gasteiger partial charge in [0.05, 0.1) is 17.3 Å². The fourth-order valence-electron chi connectivity index (χ4n) is 4.78. The zero-order valence-corrected chi connectivity index (χ0v) is 22.2. The van der Waals surface area contributed by atoms with E-state index in [1.807, 2.05) is 12.1 Å². The lowest BCUT2D eigenvalue weighted by molar-refractivity contribution is -0.134. The third-order valence-corrected chi connectivity index (χ3v) is 6.95. The largest absolute Gasteiger partial charge is 0.366 e. The highest BCUT2D eigenvalue weighted by molar-refractivity contribution is 6.31.